The van der Waals surface area contributed by atoms with Crippen LogP contribution < -0.4 is 0 Å². The van der Waals surface area contributed by atoms with Crippen molar-refractivity contribution in [3.63, 3.8) is 0 Å². The van der Waals surface area contributed by atoms with Gasteiger partial charge in [-0.3, -0.25) is 4.79 Å². The van der Waals surface area contributed by atoms with Gasteiger partial charge in [-0.05, 0) is 42.9 Å². The Hall–Kier alpha value is -2.55. The van der Waals surface area contributed by atoms with E-state index in [9.17, 15) is 4.79 Å². The fourth-order valence-corrected chi connectivity index (χ4v) is 3.53. The molecule has 1 aliphatic rings. The van der Waals surface area contributed by atoms with Gasteiger partial charge in [0.1, 0.15) is 5.58 Å². The average Bonchev–Trinajstić information content (AvgIpc) is 3.07. The van der Waals surface area contributed by atoms with Gasteiger partial charge in [-0.15, -0.1) is 0 Å². The minimum absolute atomic E-state index is 0.0179. The molecule has 3 nitrogen and oxygen atoms in total. The molecule has 3 aromatic rings. The number of hydrogen-bond donors (Lipinski definition) is 0. The Bertz CT molecular complexity index is 796. The zero-order valence-corrected chi connectivity index (χ0v) is 13.7. The zero-order valence-electron chi connectivity index (χ0n) is 13.7. The van der Waals surface area contributed by atoms with Crippen molar-refractivity contribution in [2.75, 3.05) is 13.1 Å². The highest BCUT2D eigenvalue weighted by Gasteiger charge is 2.25. The van der Waals surface area contributed by atoms with E-state index in [1.807, 2.05) is 35.2 Å². The number of benzene rings is 2. The molecule has 1 saturated heterocycles. The van der Waals surface area contributed by atoms with Crippen molar-refractivity contribution in [2.45, 2.75) is 19.3 Å². The van der Waals surface area contributed by atoms with Crippen LogP contribution in [0.5, 0.6) is 0 Å². The van der Waals surface area contributed by atoms with Gasteiger partial charge in [0.15, 0.2) is 5.76 Å². The van der Waals surface area contributed by atoms with Crippen LogP contribution >= 0.6 is 0 Å². The first-order valence-corrected chi connectivity index (χ1v) is 8.61. The summed E-state index contributed by atoms with van der Waals surface area (Å²) in [7, 11) is 0. The number of nitrogens with zero attached hydrogens (tertiary/aromatic N) is 1. The molecule has 2 aromatic carbocycles. The lowest BCUT2D eigenvalue weighted by Crippen LogP contribution is -2.38. The molecule has 0 bridgehead atoms. The number of amides is 1. The van der Waals surface area contributed by atoms with E-state index < -0.39 is 0 Å². The smallest absolute Gasteiger partial charge is 0.289 e. The predicted octanol–water partition coefficient (Wildman–Crippen LogP) is 4.53. The monoisotopic (exact) mass is 319 g/mol. The summed E-state index contributed by atoms with van der Waals surface area (Å²) >= 11 is 0. The lowest BCUT2D eigenvalue weighted by molar-refractivity contribution is 0.0661. The van der Waals surface area contributed by atoms with E-state index in [-0.39, 0.29) is 5.91 Å². The highest BCUT2D eigenvalue weighted by atomic mass is 16.3. The standard InChI is InChI=1S/C21H21NO2/c23-21(20-15-18-8-4-5-9-19(18)24-20)22-12-10-17(11-13-22)14-16-6-2-1-3-7-16/h1-9,15,17H,10-14H2. The molecule has 0 N–H and O–H groups in total. The molecule has 1 fully saturated rings. The van der Waals surface area contributed by atoms with Crippen LogP contribution in [-0.2, 0) is 6.42 Å². The van der Waals surface area contributed by atoms with Crippen molar-refractivity contribution in [2.24, 2.45) is 5.92 Å². The van der Waals surface area contributed by atoms with Crippen LogP contribution in [0.4, 0.5) is 0 Å². The Morgan fingerprint density at radius 1 is 1.00 bits per heavy atom. The van der Waals surface area contributed by atoms with Crippen LogP contribution in [-0.4, -0.2) is 23.9 Å². The number of likely N-dealkylation sites (tertiary alicyclic amines) is 1. The fraction of sp³-hybridized carbons (Fsp3) is 0.286. The summed E-state index contributed by atoms with van der Waals surface area (Å²) in [5.41, 5.74) is 2.17. The Morgan fingerprint density at radius 2 is 1.71 bits per heavy atom. The van der Waals surface area contributed by atoms with Crippen molar-refractivity contribution >= 4 is 16.9 Å². The molecule has 24 heavy (non-hydrogen) atoms. The lowest BCUT2D eigenvalue weighted by atomic mass is 9.90. The van der Waals surface area contributed by atoms with Gasteiger partial charge in [0.25, 0.3) is 5.91 Å². The number of furan rings is 1. The normalized spacial score (nSPS) is 15.8. The van der Waals surface area contributed by atoms with Crippen molar-refractivity contribution in [3.8, 4) is 0 Å². The van der Waals surface area contributed by atoms with Gasteiger partial charge in [0.05, 0.1) is 0 Å². The molecule has 0 radical (unpaired) electrons. The Balaban J connectivity index is 1.39. The summed E-state index contributed by atoms with van der Waals surface area (Å²) in [4.78, 5) is 14.6. The van der Waals surface area contributed by atoms with Gasteiger partial charge in [-0.1, -0.05) is 48.5 Å². The number of hydrogen-bond acceptors (Lipinski definition) is 2. The van der Waals surface area contributed by atoms with Gasteiger partial charge in [-0.25, -0.2) is 0 Å². The molecule has 4 rings (SSSR count). The number of carbonyl (C=O) groups is 1. The first-order valence-electron chi connectivity index (χ1n) is 8.61. The number of fused-ring (bicyclic) bond motifs is 1. The highest BCUT2D eigenvalue weighted by Crippen LogP contribution is 2.25. The molecule has 122 valence electrons. The molecule has 0 aliphatic carbocycles. The largest absolute Gasteiger partial charge is 0.451 e. The number of para-hydroxylation sites is 1. The third kappa shape index (κ3) is 3.07. The van der Waals surface area contributed by atoms with E-state index in [2.05, 4.69) is 30.3 Å². The molecule has 3 heteroatoms. The Kier molecular flexibility index (Phi) is 4.08. The van der Waals surface area contributed by atoms with Crippen LogP contribution in [0.3, 0.4) is 0 Å². The van der Waals surface area contributed by atoms with Crippen LogP contribution in [0.2, 0.25) is 0 Å². The van der Waals surface area contributed by atoms with E-state index in [4.69, 9.17) is 4.42 Å². The molecule has 0 unspecified atom stereocenters. The van der Waals surface area contributed by atoms with Crippen molar-refractivity contribution in [3.05, 3.63) is 72.0 Å². The predicted molar refractivity (Wildman–Crippen MR) is 95.0 cm³/mol. The molecule has 0 atom stereocenters. The lowest BCUT2D eigenvalue weighted by Gasteiger charge is -2.31. The summed E-state index contributed by atoms with van der Waals surface area (Å²) in [5, 5.41) is 0.986. The molecule has 1 aliphatic heterocycles. The second-order valence-corrected chi connectivity index (χ2v) is 6.57. The van der Waals surface area contributed by atoms with Crippen LogP contribution in [0.25, 0.3) is 11.0 Å². The highest BCUT2D eigenvalue weighted by molar-refractivity contribution is 5.96. The number of piperidine rings is 1. The van der Waals surface area contributed by atoms with E-state index in [0.29, 0.717) is 11.7 Å². The minimum atomic E-state index is 0.0179. The summed E-state index contributed by atoms with van der Waals surface area (Å²) in [5.74, 6) is 1.13. The third-order valence-electron chi connectivity index (χ3n) is 4.91. The fourth-order valence-electron chi connectivity index (χ4n) is 3.53. The van der Waals surface area contributed by atoms with Gasteiger partial charge in [-0.2, -0.15) is 0 Å². The number of rotatable bonds is 3. The number of carbonyl (C=O) groups excluding carboxylic acids is 1. The maximum atomic E-state index is 12.7. The van der Waals surface area contributed by atoms with E-state index in [1.54, 1.807) is 0 Å². The van der Waals surface area contributed by atoms with Crippen LogP contribution in [0.15, 0.2) is 65.1 Å². The molecular weight excluding hydrogens is 298 g/mol. The summed E-state index contributed by atoms with van der Waals surface area (Å²) in [6.45, 7) is 1.63. The summed E-state index contributed by atoms with van der Waals surface area (Å²) < 4.78 is 5.71. The Morgan fingerprint density at radius 3 is 2.46 bits per heavy atom. The SMILES string of the molecule is O=C(c1cc2ccccc2o1)N1CCC(Cc2ccccc2)CC1. The van der Waals surface area contributed by atoms with Crippen LogP contribution in [0.1, 0.15) is 29.0 Å². The summed E-state index contributed by atoms with van der Waals surface area (Å²) in [6.07, 6.45) is 3.22. The molecule has 0 spiro atoms. The van der Waals surface area contributed by atoms with Gasteiger partial charge in [0, 0.05) is 18.5 Å². The molecule has 1 amide bonds. The Labute approximate surface area is 141 Å². The quantitative estimate of drug-likeness (QED) is 0.711. The van der Waals surface area contributed by atoms with Crippen molar-refractivity contribution < 1.29 is 9.21 Å². The zero-order chi connectivity index (χ0) is 16.4. The molecule has 1 aromatic heterocycles. The minimum Gasteiger partial charge on any atom is -0.451 e. The van der Waals surface area contributed by atoms with Crippen molar-refractivity contribution in [1.29, 1.82) is 0 Å². The topological polar surface area (TPSA) is 33.5 Å². The third-order valence-corrected chi connectivity index (χ3v) is 4.91. The summed E-state index contributed by atoms with van der Waals surface area (Å²) in [6, 6.07) is 20.2. The first-order chi connectivity index (χ1) is 11.8. The molecular formula is C21H21NO2. The second kappa shape index (κ2) is 6.52. The van der Waals surface area contributed by atoms with E-state index >= 15 is 0 Å². The van der Waals surface area contributed by atoms with Gasteiger partial charge >= 0.3 is 0 Å². The second-order valence-electron chi connectivity index (χ2n) is 6.57. The van der Waals surface area contributed by atoms with Crippen LogP contribution in [0, 0.1) is 5.92 Å². The van der Waals surface area contributed by atoms with E-state index in [0.717, 1.165) is 43.3 Å². The van der Waals surface area contributed by atoms with Crippen molar-refractivity contribution in [1.82, 2.24) is 4.90 Å². The molecule has 0 saturated carbocycles. The van der Waals surface area contributed by atoms with E-state index in [1.165, 1.54) is 5.56 Å². The van der Waals surface area contributed by atoms with Gasteiger partial charge in [0.2, 0.25) is 0 Å². The molecule has 2 heterocycles. The maximum absolute atomic E-state index is 12.7. The first kappa shape index (κ1) is 15.0. The van der Waals surface area contributed by atoms with Gasteiger partial charge < -0.3 is 9.32 Å². The average molecular weight is 319 g/mol. The maximum Gasteiger partial charge on any atom is 0.289 e.